The van der Waals surface area contributed by atoms with Crippen molar-refractivity contribution in [1.29, 1.82) is 0 Å². The summed E-state index contributed by atoms with van der Waals surface area (Å²) in [5, 5.41) is 9.30. The molecule has 0 aliphatic heterocycles. The summed E-state index contributed by atoms with van der Waals surface area (Å²) in [7, 11) is 1.61. The smallest absolute Gasteiger partial charge is 0.340 e. The van der Waals surface area contributed by atoms with Crippen LogP contribution < -0.4 is 4.74 Å². The Morgan fingerprint density at radius 2 is 2.00 bits per heavy atom. The number of benzene rings is 1. The molecule has 0 saturated carbocycles. The van der Waals surface area contributed by atoms with E-state index in [-0.39, 0.29) is 5.56 Å². The Labute approximate surface area is 123 Å². The van der Waals surface area contributed by atoms with Gasteiger partial charge in [0.15, 0.2) is 0 Å². The first kappa shape index (κ1) is 16.8. The number of ether oxygens (including phenoxy) is 3. The van der Waals surface area contributed by atoms with Crippen molar-refractivity contribution in [3.8, 4) is 5.75 Å². The molecule has 0 amide bonds. The van der Waals surface area contributed by atoms with E-state index in [1.54, 1.807) is 25.3 Å². The van der Waals surface area contributed by atoms with Crippen LogP contribution in [0.1, 0.15) is 17.3 Å². The highest BCUT2D eigenvalue weighted by Crippen LogP contribution is 2.30. The van der Waals surface area contributed by atoms with Gasteiger partial charge in [0.05, 0.1) is 19.8 Å². The largest absolute Gasteiger partial charge is 0.490 e. The summed E-state index contributed by atoms with van der Waals surface area (Å²) >= 11 is 1.49. The van der Waals surface area contributed by atoms with Crippen molar-refractivity contribution in [1.82, 2.24) is 0 Å². The summed E-state index contributed by atoms with van der Waals surface area (Å²) < 4.78 is 15.6. The summed E-state index contributed by atoms with van der Waals surface area (Å²) in [6.45, 7) is 3.71. The van der Waals surface area contributed by atoms with E-state index in [0.717, 1.165) is 10.6 Å². The van der Waals surface area contributed by atoms with E-state index in [1.165, 1.54) is 11.8 Å². The Balaban J connectivity index is 2.60. The van der Waals surface area contributed by atoms with Crippen molar-refractivity contribution in [2.24, 2.45) is 0 Å². The molecule has 0 aliphatic rings. The first-order valence-corrected chi connectivity index (χ1v) is 7.37. The van der Waals surface area contributed by atoms with E-state index in [2.05, 4.69) is 0 Å². The third-order valence-electron chi connectivity index (χ3n) is 2.42. The molecule has 20 heavy (non-hydrogen) atoms. The molecule has 0 radical (unpaired) electrons. The molecule has 0 aromatic heterocycles. The third-order valence-corrected chi connectivity index (χ3v) is 3.36. The minimum absolute atomic E-state index is 0.219. The van der Waals surface area contributed by atoms with Crippen LogP contribution in [0.15, 0.2) is 23.1 Å². The van der Waals surface area contributed by atoms with Crippen LogP contribution in [0.2, 0.25) is 0 Å². The molecule has 1 aromatic carbocycles. The van der Waals surface area contributed by atoms with Gasteiger partial charge in [-0.05, 0) is 17.9 Å². The Bertz CT molecular complexity index is 422. The minimum atomic E-state index is -0.975. The fraction of sp³-hybridized carbons (Fsp3) is 0.500. The molecular weight excluding hydrogens is 280 g/mol. The van der Waals surface area contributed by atoms with Gasteiger partial charge >= 0.3 is 5.97 Å². The van der Waals surface area contributed by atoms with E-state index in [4.69, 9.17) is 14.2 Å². The Morgan fingerprint density at radius 1 is 1.25 bits per heavy atom. The lowest BCUT2D eigenvalue weighted by atomic mass is 10.2. The van der Waals surface area contributed by atoms with Crippen LogP contribution in [0.25, 0.3) is 0 Å². The van der Waals surface area contributed by atoms with Crippen molar-refractivity contribution in [2.75, 3.05) is 39.3 Å². The Kier molecular flexibility index (Phi) is 8.10. The molecule has 5 nitrogen and oxygen atoms in total. The van der Waals surface area contributed by atoms with E-state index >= 15 is 0 Å². The third kappa shape index (κ3) is 5.40. The maximum atomic E-state index is 11.4. The predicted molar refractivity (Wildman–Crippen MR) is 78.0 cm³/mol. The normalized spacial score (nSPS) is 10.5. The number of aromatic carboxylic acids is 1. The number of thioether (sulfide) groups is 1. The highest BCUT2D eigenvalue weighted by atomic mass is 32.2. The van der Waals surface area contributed by atoms with E-state index in [1.807, 2.05) is 6.92 Å². The lowest BCUT2D eigenvalue weighted by molar-refractivity contribution is 0.0534. The second-order valence-corrected chi connectivity index (χ2v) is 5.13. The molecule has 0 bridgehead atoms. The van der Waals surface area contributed by atoms with Crippen LogP contribution in [0.3, 0.4) is 0 Å². The van der Waals surface area contributed by atoms with Gasteiger partial charge in [0, 0.05) is 12.0 Å². The van der Waals surface area contributed by atoms with Gasteiger partial charge in [0.1, 0.15) is 17.9 Å². The minimum Gasteiger partial charge on any atom is -0.490 e. The van der Waals surface area contributed by atoms with Crippen molar-refractivity contribution in [3.05, 3.63) is 23.8 Å². The second kappa shape index (κ2) is 9.63. The number of carboxylic acids is 1. The van der Waals surface area contributed by atoms with Gasteiger partial charge in [0.25, 0.3) is 0 Å². The maximum absolute atomic E-state index is 11.4. The van der Waals surface area contributed by atoms with Crippen LogP contribution in [0.5, 0.6) is 5.75 Å². The van der Waals surface area contributed by atoms with Crippen LogP contribution in [0, 0.1) is 0 Å². The summed E-state index contributed by atoms with van der Waals surface area (Å²) in [5.41, 5.74) is 0.219. The SMILES string of the molecule is CCSc1cccc(OCCOCCOC)c1C(=O)O. The number of hydrogen-bond donors (Lipinski definition) is 1. The van der Waals surface area contributed by atoms with Crippen LogP contribution in [0.4, 0.5) is 0 Å². The average Bonchev–Trinajstić information content (AvgIpc) is 2.43. The summed E-state index contributed by atoms with van der Waals surface area (Å²) in [6, 6.07) is 5.25. The lowest BCUT2D eigenvalue weighted by Crippen LogP contribution is -2.12. The van der Waals surface area contributed by atoms with Gasteiger partial charge in [-0.25, -0.2) is 4.79 Å². The van der Waals surface area contributed by atoms with Crippen molar-refractivity contribution in [3.63, 3.8) is 0 Å². The Hall–Kier alpha value is -1.24. The van der Waals surface area contributed by atoms with Gasteiger partial charge < -0.3 is 19.3 Å². The van der Waals surface area contributed by atoms with Crippen molar-refractivity contribution >= 4 is 17.7 Å². The number of rotatable bonds is 10. The van der Waals surface area contributed by atoms with E-state index in [9.17, 15) is 9.90 Å². The first-order valence-electron chi connectivity index (χ1n) is 6.39. The number of carboxylic acid groups (broad SMARTS) is 1. The summed E-state index contributed by atoms with van der Waals surface area (Å²) in [5.74, 6) is 0.215. The van der Waals surface area contributed by atoms with E-state index in [0.29, 0.717) is 32.2 Å². The maximum Gasteiger partial charge on any atom is 0.340 e. The molecule has 0 fully saturated rings. The molecule has 0 saturated heterocycles. The second-order valence-electron chi connectivity index (χ2n) is 3.82. The highest BCUT2D eigenvalue weighted by Gasteiger charge is 2.16. The lowest BCUT2D eigenvalue weighted by Gasteiger charge is -2.12. The van der Waals surface area contributed by atoms with Gasteiger partial charge in [-0.1, -0.05) is 13.0 Å². The molecule has 0 spiro atoms. The molecule has 0 heterocycles. The fourth-order valence-corrected chi connectivity index (χ4v) is 2.39. The molecule has 6 heteroatoms. The number of carbonyl (C=O) groups is 1. The zero-order valence-corrected chi connectivity index (χ0v) is 12.6. The van der Waals surface area contributed by atoms with E-state index < -0.39 is 5.97 Å². The summed E-state index contributed by atoms with van der Waals surface area (Å²) in [4.78, 5) is 12.1. The zero-order valence-electron chi connectivity index (χ0n) is 11.8. The van der Waals surface area contributed by atoms with Crippen LogP contribution >= 0.6 is 11.8 Å². The van der Waals surface area contributed by atoms with Gasteiger partial charge in [-0.15, -0.1) is 11.8 Å². The van der Waals surface area contributed by atoms with Gasteiger partial charge in [-0.2, -0.15) is 0 Å². The monoisotopic (exact) mass is 300 g/mol. The Morgan fingerprint density at radius 3 is 2.65 bits per heavy atom. The zero-order chi connectivity index (χ0) is 14.8. The summed E-state index contributed by atoms with van der Waals surface area (Å²) in [6.07, 6.45) is 0. The van der Waals surface area contributed by atoms with Crippen LogP contribution in [-0.4, -0.2) is 50.4 Å². The first-order chi connectivity index (χ1) is 9.70. The van der Waals surface area contributed by atoms with Crippen LogP contribution in [-0.2, 0) is 9.47 Å². The topological polar surface area (TPSA) is 65.0 Å². The molecule has 0 aliphatic carbocycles. The molecule has 1 rings (SSSR count). The molecule has 1 N–H and O–H groups in total. The van der Waals surface area contributed by atoms with Crippen molar-refractivity contribution in [2.45, 2.75) is 11.8 Å². The fourth-order valence-electron chi connectivity index (χ4n) is 1.57. The quantitative estimate of drug-likeness (QED) is 0.529. The highest BCUT2D eigenvalue weighted by molar-refractivity contribution is 7.99. The van der Waals surface area contributed by atoms with Gasteiger partial charge in [0.2, 0.25) is 0 Å². The molecule has 0 atom stereocenters. The molecular formula is C14H20O5S. The van der Waals surface area contributed by atoms with Crippen molar-refractivity contribution < 1.29 is 24.1 Å². The molecule has 112 valence electrons. The number of methoxy groups -OCH3 is 1. The molecule has 1 aromatic rings. The average molecular weight is 300 g/mol. The molecule has 0 unspecified atom stereocenters. The predicted octanol–water partition coefficient (Wildman–Crippen LogP) is 2.54. The number of hydrogen-bond acceptors (Lipinski definition) is 5. The standard InChI is InChI=1S/C14H20O5S/c1-3-20-12-6-4-5-11(13(12)14(15)16)19-10-9-18-8-7-17-2/h4-6H,3,7-10H2,1-2H3,(H,15,16). The van der Waals surface area contributed by atoms with Gasteiger partial charge in [-0.3, -0.25) is 0 Å².